The zero-order chi connectivity index (χ0) is 16.9. The first kappa shape index (κ1) is 16.7. The molecule has 4 nitrogen and oxygen atoms in total. The van der Waals surface area contributed by atoms with Crippen molar-refractivity contribution in [1.29, 1.82) is 0 Å². The van der Waals surface area contributed by atoms with Gasteiger partial charge in [-0.05, 0) is 18.1 Å². The third-order valence-electron chi connectivity index (χ3n) is 4.47. The van der Waals surface area contributed by atoms with Gasteiger partial charge in [-0.25, -0.2) is 0 Å². The fraction of sp³-hybridized carbons (Fsp3) is 0.350. The van der Waals surface area contributed by atoms with Gasteiger partial charge in [-0.2, -0.15) is 0 Å². The van der Waals surface area contributed by atoms with E-state index in [-0.39, 0.29) is 24.7 Å². The number of amides is 1. The van der Waals surface area contributed by atoms with E-state index in [0.29, 0.717) is 6.54 Å². The lowest BCUT2D eigenvalue weighted by Gasteiger charge is -2.40. The Hall–Kier alpha value is -2.17. The van der Waals surface area contributed by atoms with E-state index in [1.165, 1.54) is 5.56 Å². The summed E-state index contributed by atoms with van der Waals surface area (Å²) in [4.78, 5) is 14.3. The van der Waals surface area contributed by atoms with Gasteiger partial charge in [0.15, 0.2) is 0 Å². The molecule has 24 heavy (non-hydrogen) atoms. The number of hydrogen-bond donors (Lipinski definition) is 1. The number of benzene rings is 2. The van der Waals surface area contributed by atoms with Crippen LogP contribution in [0.3, 0.4) is 0 Å². The monoisotopic (exact) mass is 325 g/mol. The first-order chi connectivity index (χ1) is 11.7. The molecule has 1 amide bonds. The predicted molar refractivity (Wildman–Crippen MR) is 92.5 cm³/mol. The highest BCUT2D eigenvalue weighted by Crippen LogP contribution is 2.26. The molecule has 4 heteroatoms. The summed E-state index contributed by atoms with van der Waals surface area (Å²) in [5.74, 6) is -0.0674. The van der Waals surface area contributed by atoms with Gasteiger partial charge in [0, 0.05) is 13.0 Å². The number of morpholine rings is 1. The third kappa shape index (κ3) is 3.66. The van der Waals surface area contributed by atoms with Crippen LogP contribution >= 0.6 is 0 Å². The largest absolute Gasteiger partial charge is 0.394 e. The summed E-state index contributed by atoms with van der Waals surface area (Å²) in [6.45, 7) is 2.17. The third-order valence-corrected chi connectivity index (χ3v) is 4.47. The first-order valence-electron chi connectivity index (χ1n) is 8.34. The van der Waals surface area contributed by atoms with Crippen molar-refractivity contribution in [3.05, 3.63) is 71.8 Å². The molecule has 1 saturated heterocycles. The van der Waals surface area contributed by atoms with Gasteiger partial charge in [0.25, 0.3) is 5.91 Å². The molecule has 1 aliphatic heterocycles. The second-order valence-corrected chi connectivity index (χ2v) is 6.19. The van der Waals surface area contributed by atoms with Gasteiger partial charge < -0.3 is 14.7 Å². The summed E-state index contributed by atoms with van der Waals surface area (Å²) < 4.78 is 5.89. The minimum absolute atomic E-state index is 0.0674. The van der Waals surface area contributed by atoms with E-state index in [1.807, 2.05) is 48.5 Å². The molecule has 126 valence electrons. The van der Waals surface area contributed by atoms with Crippen LogP contribution in [0.25, 0.3) is 0 Å². The van der Waals surface area contributed by atoms with Crippen molar-refractivity contribution in [2.45, 2.75) is 31.6 Å². The van der Waals surface area contributed by atoms with Crippen molar-refractivity contribution >= 4 is 5.91 Å². The maximum Gasteiger partial charge on any atom is 0.252 e. The molecule has 1 aliphatic rings. The number of hydrogen-bond acceptors (Lipinski definition) is 3. The zero-order valence-corrected chi connectivity index (χ0v) is 13.8. The molecule has 0 aliphatic carbocycles. The molecule has 0 unspecified atom stereocenters. The normalized spacial score (nSPS) is 22.4. The van der Waals surface area contributed by atoms with Crippen molar-refractivity contribution < 1.29 is 14.6 Å². The number of nitrogens with zero attached hydrogens (tertiary/aromatic N) is 1. The van der Waals surface area contributed by atoms with E-state index >= 15 is 0 Å². The van der Waals surface area contributed by atoms with Gasteiger partial charge >= 0.3 is 0 Å². The van der Waals surface area contributed by atoms with Crippen LogP contribution in [0, 0.1) is 0 Å². The molecule has 1 N–H and O–H groups in total. The fourth-order valence-corrected chi connectivity index (χ4v) is 3.26. The molecule has 0 bridgehead atoms. The van der Waals surface area contributed by atoms with Crippen LogP contribution in [0.5, 0.6) is 0 Å². The van der Waals surface area contributed by atoms with E-state index in [2.05, 4.69) is 12.1 Å². The zero-order valence-electron chi connectivity index (χ0n) is 13.8. The molecule has 2 aromatic carbocycles. The summed E-state index contributed by atoms with van der Waals surface area (Å²) in [5, 5.41) is 9.88. The second kappa shape index (κ2) is 7.60. The van der Waals surface area contributed by atoms with Gasteiger partial charge in [-0.1, -0.05) is 60.7 Å². The van der Waals surface area contributed by atoms with E-state index in [1.54, 1.807) is 11.8 Å². The van der Waals surface area contributed by atoms with Crippen molar-refractivity contribution in [1.82, 2.24) is 4.90 Å². The van der Waals surface area contributed by atoms with Crippen molar-refractivity contribution in [3.63, 3.8) is 0 Å². The summed E-state index contributed by atoms with van der Waals surface area (Å²) in [6, 6.07) is 19.5. The summed E-state index contributed by atoms with van der Waals surface area (Å²) in [6.07, 6.45) is 0.185. The lowest BCUT2D eigenvalue weighted by molar-refractivity contribution is -0.165. The first-order valence-corrected chi connectivity index (χ1v) is 8.34. The Morgan fingerprint density at radius 2 is 1.75 bits per heavy atom. The highest BCUT2D eigenvalue weighted by Gasteiger charge is 2.36. The Bertz CT molecular complexity index is 659. The smallest absolute Gasteiger partial charge is 0.252 e. The minimum atomic E-state index is -0.495. The van der Waals surface area contributed by atoms with Gasteiger partial charge in [-0.3, -0.25) is 4.79 Å². The number of carbonyl (C=O) groups is 1. The number of rotatable bonds is 5. The van der Waals surface area contributed by atoms with Crippen LogP contribution in [0.15, 0.2) is 60.7 Å². The Labute approximate surface area is 142 Å². The lowest BCUT2D eigenvalue weighted by atomic mass is 10.0. The van der Waals surface area contributed by atoms with Gasteiger partial charge in [0.1, 0.15) is 6.10 Å². The molecule has 3 rings (SSSR count). The molecule has 3 atom stereocenters. The highest BCUT2D eigenvalue weighted by molar-refractivity contribution is 5.81. The Morgan fingerprint density at radius 3 is 2.38 bits per heavy atom. The standard InChI is InChI=1S/C20H23NO3/c1-15-20(23)21(19(14-22)17-10-6-3-7-11-17)13-18(24-15)12-16-8-4-2-5-9-16/h2-11,15,18-19,22H,12-14H2,1H3/t15-,18+,19+/m1/s1. The molecule has 0 saturated carbocycles. The minimum Gasteiger partial charge on any atom is -0.394 e. The number of aliphatic hydroxyl groups is 1. The molecule has 1 fully saturated rings. The van der Waals surface area contributed by atoms with E-state index in [0.717, 1.165) is 12.0 Å². The number of ether oxygens (including phenoxy) is 1. The fourth-order valence-electron chi connectivity index (χ4n) is 3.26. The van der Waals surface area contributed by atoms with Crippen LogP contribution in [0.2, 0.25) is 0 Å². The van der Waals surface area contributed by atoms with E-state index in [4.69, 9.17) is 4.74 Å². The molecule has 0 aromatic heterocycles. The van der Waals surface area contributed by atoms with Crippen molar-refractivity contribution in [2.24, 2.45) is 0 Å². The van der Waals surface area contributed by atoms with E-state index < -0.39 is 6.10 Å². The van der Waals surface area contributed by atoms with E-state index in [9.17, 15) is 9.90 Å². The maximum absolute atomic E-state index is 12.6. The average Bonchev–Trinajstić information content (AvgIpc) is 2.61. The average molecular weight is 325 g/mol. The highest BCUT2D eigenvalue weighted by atomic mass is 16.5. The summed E-state index contributed by atoms with van der Waals surface area (Å²) in [5.41, 5.74) is 2.13. The molecular weight excluding hydrogens is 302 g/mol. The summed E-state index contributed by atoms with van der Waals surface area (Å²) >= 11 is 0. The molecular formula is C20H23NO3. The lowest BCUT2D eigenvalue weighted by Crippen LogP contribution is -2.53. The maximum atomic E-state index is 12.6. The van der Waals surface area contributed by atoms with Gasteiger partial charge in [0.05, 0.1) is 18.8 Å². The predicted octanol–water partition coefficient (Wildman–Crippen LogP) is 2.58. The Balaban J connectivity index is 1.79. The van der Waals surface area contributed by atoms with Crippen LogP contribution in [-0.2, 0) is 16.0 Å². The van der Waals surface area contributed by atoms with Crippen molar-refractivity contribution in [3.8, 4) is 0 Å². The number of carbonyl (C=O) groups excluding carboxylic acids is 1. The van der Waals surface area contributed by atoms with Crippen LogP contribution < -0.4 is 0 Å². The number of aliphatic hydroxyl groups excluding tert-OH is 1. The van der Waals surface area contributed by atoms with Crippen LogP contribution in [0.4, 0.5) is 0 Å². The molecule has 0 spiro atoms. The molecule has 1 heterocycles. The molecule has 2 aromatic rings. The second-order valence-electron chi connectivity index (χ2n) is 6.19. The molecule has 0 radical (unpaired) electrons. The SMILES string of the molecule is C[C@H]1O[C@@H](Cc2ccccc2)CN([C@@H](CO)c2ccccc2)C1=O. The quantitative estimate of drug-likeness (QED) is 0.919. The van der Waals surface area contributed by atoms with Crippen LogP contribution in [-0.4, -0.2) is 41.3 Å². The summed E-state index contributed by atoms with van der Waals surface area (Å²) in [7, 11) is 0. The van der Waals surface area contributed by atoms with Crippen LogP contribution in [0.1, 0.15) is 24.1 Å². The van der Waals surface area contributed by atoms with Gasteiger partial charge in [0.2, 0.25) is 0 Å². The Kier molecular flexibility index (Phi) is 5.28. The van der Waals surface area contributed by atoms with Crippen molar-refractivity contribution in [2.75, 3.05) is 13.2 Å². The van der Waals surface area contributed by atoms with Gasteiger partial charge in [-0.15, -0.1) is 0 Å². The Morgan fingerprint density at radius 1 is 1.12 bits per heavy atom. The topological polar surface area (TPSA) is 49.8 Å².